The number of amides is 2. The second kappa shape index (κ2) is 10.9. The third-order valence-corrected chi connectivity index (χ3v) is 7.39. The summed E-state index contributed by atoms with van der Waals surface area (Å²) in [5.41, 5.74) is 4.71. The number of carboxylic acid groups (broad SMARTS) is 1. The maximum Gasteiger partial charge on any atom is 0.407 e. The highest BCUT2D eigenvalue weighted by Crippen LogP contribution is 2.44. The van der Waals surface area contributed by atoms with Gasteiger partial charge in [0.05, 0.1) is 6.42 Å². The number of carbonyl (C=O) groups excluding carboxylic acids is 2. The fourth-order valence-corrected chi connectivity index (χ4v) is 5.30. The number of fused-ring (bicyclic) bond motifs is 3. The molecule has 3 N–H and O–H groups in total. The summed E-state index contributed by atoms with van der Waals surface area (Å²) in [5, 5.41) is 14.9. The molecule has 3 unspecified atom stereocenters. The molecule has 186 valence electrons. The van der Waals surface area contributed by atoms with Crippen molar-refractivity contribution >= 4 is 18.0 Å². The fraction of sp³-hybridized carbons (Fsp3) is 0.464. The lowest BCUT2D eigenvalue weighted by atomic mass is 9.92. The van der Waals surface area contributed by atoms with Gasteiger partial charge in [-0.15, -0.1) is 0 Å². The van der Waals surface area contributed by atoms with Crippen molar-refractivity contribution in [3.8, 4) is 11.1 Å². The first kappa shape index (κ1) is 24.8. The van der Waals surface area contributed by atoms with Crippen molar-refractivity contribution in [1.82, 2.24) is 10.6 Å². The molecule has 2 aromatic rings. The molecule has 0 aliphatic heterocycles. The molecule has 3 atom stereocenters. The SMILES string of the molecule is CC(C)C(CNC(=O)C1CCC(NC(=O)OCC2c3ccccc3-c3ccccc32)C1)CC(=O)O. The van der Waals surface area contributed by atoms with Gasteiger partial charge in [-0.1, -0.05) is 62.4 Å². The standard InChI is InChI=1S/C28H34N2O5/c1-17(2)19(14-26(31)32)15-29-27(33)18-11-12-20(13-18)30-28(34)35-16-25-23-9-5-3-7-21(23)22-8-4-6-10-24(22)25/h3-10,17-20,25H,11-16H2,1-2H3,(H,29,33)(H,30,34)(H,31,32). The Bertz CT molecular complexity index is 1040. The molecule has 2 aliphatic carbocycles. The smallest absolute Gasteiger partial charge is 0.407 e. The lowest BCUT2D eigenvalue weighted by molar-refractivity contribution is -0.138. The van der Waals surface area contributed by atoms with Gasteiger partial charge in [0.1, 0.15) is 6.61 Å². The van der Waals surface area contributed by atoms with Crippen LogP contribution in [0.15, 0.2) is 48.5 Å². The highest BCUT2D eigenvalue weighted by molar-refractivity contribution is 5.80. The van der Waals surface area contributed by atoms with E-state index in [9.17, 15) is 14.4 Å². The Labute approximate surface area is 206 Å². The van der Waals surface area contributed by atoms with E-state index < -0.39 is 12.1 Å². The van der Waals surface area contributed by atoms with Gasteiger partial charge in [-0.05, 0) is 53.4 Å². The van der Waals surface area contributed by atoms with Crippen molar-refractivity contribution in [3.05, 3.63) is 59.7 Å². The van der Waals surface area contributed by atoms with Crippen LogP contribution in [0.5, 0.6) is 0 Å². The normalized spacial score (nSPS) is 19.6. The summed E-state index contributed by atoms with van der Waals surface area (Å²) >= 11 is 0. The molecule has 7 nitrogen and oxygen atoms in total. The first-order valence-electron chi connectivity index (χ1n) is 12.4. The van der Waals surface area contributed by atoms with Crippen molar-refractivity contribution in [2.45, 2.75) is 51.5 Å². The van der Waals surface area contributed by atoms with Gasteiger partial charge >= 0.3 is 12.1 Å². The van der Waals surface area contributed by atoms with E-state index in [1.807, 2.05) is 38.1 Å². The Morgan fingerprint density at radius 2 is 1.63 bits per heavy atom. The van der Waals surface area contributed by atoms with E-state index >= 15 is 0 Å². The monoisotopic (exact) mass is 478 g/mol. The van der Waals surface area contributed by atoms with E-state index in [2.05, 4.69) is 34.9 Å². The van der Waals surface area contributed by atoms with Crippen LogP contribution in [-0.2, 0) is 14.3 Å². The summed E-state index contributed by atoms with van der Waals surface area (Å²) in [6.45, 7) is 4.54. The molecule has 1 fully saturated rings. The van der Waals surface area contributed by atoms with Gasteiger partial charge in [-0.3, -0.25) is 9.59 Å². The topological polar surface area (TPSA) is 105 Å². The molecule has 2 aliphatic rings. The van der Waals surface area contributed by atoms with Gasteiger partial charge in [0.25, 0.3) is 0 Å². The molecular formula is C28H34N2O5. The number of rotatable bonds is 9. The second-order valence-electron chi connectivity index (χ2n) is 10.0. The first-order chi connectivity index (χ1) is 16.8. The lowest BCUT2D eigenvalue weighted by Gasteiger charge is -2.21. The largest absolute Gasteiger partial charge is 0.481 e. The Kier molecular flexibility index (Phi) is 7.73. The van der Waals surface area contributed by atoms with Crippen LogP contribution in [0.3, 0.4) is 0 Å². The highest BCUT2D eigenvalue weighted by atomic mass is 16.5. The molecule has 0 aromatic heterocycles. The van der Waals surface area contributed by atoms with Crippen LogP contribution in [0.2, 0.25) is 0 Å². The molecule has 0 bridgehead atoms. The summed E-state index contributed by atoms with van der Waals surface area (Å²) in [7, 11) is 0. The Hall–Kier alpha value is -3.35. The van der Waals surface area contributed by atoms with Gasteiger partial charge in [0.2, 0.25) is 5.91 Å². The number of carboxylic acids is 1. The van der Waals surface area contributed by atoms with E-state index in [0.717, 1.165) is 0 Å². The Morgan fingerprint density at radius 3 is 2.23 bits per heavy atom. The minimum absolute atomic E-state index is 0.00922. The molecule has 7 heteroatoms. The molecule has 0 radical (unpaired) electrons. The molecule has 0 saturated heterocycles. The van der Waals surface area contributed by atoms with E-state index in [-0.39, 0.29) is 48.6 Å². The van der Waals surface area contributed by atoms with Crippen molar-refractivity contribution in [3.63, 3.8) is 0 Å². The molecule has 2 amide bonds. The number of carbonyl (C=O) groups is 3. The van der Waals surface area contributed by atoms with Crippen molar-refractivity contribution in [1.29, 1.82) is 0 Å². The maximum absolute atomic E-state index is 12.6. The summed E-state index contributed by atoms with van der Waals surface area (Å²) in [5.74, 6) is -1.05. The fourth-order valence-electron chi connectivity index (χ4n) is 5.30. The molecular weight excluding hydrogens is 444 g/mol. The van der Waals surface area contributed by atoms with E-state index in [4.69, 9.17) is 9.84 Å². The summed E-state index contributed by atoms with van der Waals surface area (Å²) in [6.07, 6.45) is 1.53. The maximum atomic E-state index is 12.6. The molecule has 0 spiro atoms. The highest BCUT2D eigenvalue weighted by Gasteiger charge is 2.33. The zero-order chi connectivity index (χ0) is 24.9. The second-order valence-corrected chi connectivity index (χ2v) is 10.0. The van der Waals surface area contributed by atoms with Gasteiger partial charge in [0, 0.05) is 24.4 Å². The van der Waals surface area contributed by atoms with Crippen LogP contribution < -0.4 is 10.6 Å². The first-order valence-corrected chi connectivity index (χ1v) is 12.4. The third-order valence-electron chi connectivity index (χ3n) is 7.39. The average molecular weight is 479 g/mol. The predicted molar refractivity (Wildman–Crippen MR) is 133 cm³/mol. The Morgan fingerprint density at radius 1 is 1.00 bits per heavy atom. The van der Waals surface area contributed by atoms with Gasteiger partial charge in [0.15, 0.2) is 0 Å². The summed E-state index contributed by atoms with van der Waals surface area (Å²) < 4.78 is 5.63. The zero-order valence-electron chi connectivity index (χ0n) is 20.3. The molecule has 2 aromatic carbocycles. The number of hydrogen-bond donors (Lipinski definition) is 3. The molecule has 0 heterocycles. The van der Waals surface area contributed by atoms with Crippen LogP contribution in [0, 0.1) is 17.8 Å². The van der Waals surface area contributed by atoms with Crippen LogP contribution in [0.25, 0.3) is 11.1 Å². The number of ether oxygens (including phenoxy) is 1. The quantitative estimate of drug-likeness (QED) is 0.490. The van der Waals surface area contributed by atoms with Crippen LogP contribution >= 0.6 is 0 Å². The van der Waals surface area contributed by atoms with Crippen LogP contribution in [-0.4, -0.2) is 42.3 Å². The third kappa shape index (κ3) is 5.84. The Balaban J connectivity index is 1.25. The number of alkyl carbamates (subject to hydrolysis) is 1. The number of nitrogens with one attached hydrogen (secondary N) is 2. The minimum atomic E-state index is -0.855. The van der Waals surface area contributed by atoms with E-state index in [1.54, 1.807) is 0 Å². The number of benzene rings is 2. The van der Waals surface area contributed by atoms with Gasteiger partial charge in [-0.2, -0.15) is 0 Å². The van der Waals surface area contributed by atoms with Crippen LogP contribution in [0.4, 0.5) is 4.79 Å². The average Bonchev–Trinajstić information content (AvgIpc) is 3.42. The molecule has 4 rings (SSSR count). The zero-order valence-corrected chi connectivity index (χ0v) is 20.3. The molecule has 1 saturated carbocycles. The van der Waals surface area contributed by atoms with E-state index in [1.165, 1.54) is 22.3 Å². The summed E-state index contributed by atoms with van der Waals surface area (Å²) in [6, 6.07) is 16.3. The van der Waals surface area contributed by atoms with Crippen molar-refractivity contribution < 1.29 is 24.2 Å². The van der Waals surface area contributed by atoms with Gasteiger partial charge < -0.3 is 20.5 Å². The van der Waals surface area contributed by atoms with Crippen LogP contribution in [0.1, 0.15) is 56.6 Å². The molecule has 35 heavy (non-hydrogen) atoms. The minimum Gasteiger partial charge on any atom is -0.481 e. The van der Waals surface area contributed by atoms with Crippen molar-refractivity contribution in [2.24, 2.45) is 17.8 Å². The summed E-state index contributed by atoms with van der Waals surface area (Å²) in [4.78, 5) is 36.2. The lowest BCUT2D eigenvalue weighted by Crippen LogP contribution is -2.37. The number of aliphatic carboxylic acids is 1. The van der Waals surface area contributed by atoms with Crippen molar-refractivity contribution in [2.75, 3.05) is 13.2 Å². The van der Waals surface area contributed by atoms with Gasteiger partial charge in [-0.25, -0.2) is 4.79 Å². The number of hydrogen-bond acceptors (Lipinski definition) is 4. The predicted octanol–water partition coefficient (Wildman–Crippen LogP) is 4.56. The van der Waals surface area contributed by atoms with E-state index in [0.29, 0.717) is 25.8 Å².